The van der Waals surface area contributed by atoms with E-state index in [9.17, 15) is 10.1 Å². The Balaban J connectivity index is 1.81. The maximum absolute atomic E-state index is 12.0. The molecule has 0 aliphatic heterocycles. The standard InChI is InChI=1S/C20H17N7O3/c1-14-11-16(25-30-14)24-19-18(27(28)29)20(23-13-22-19)26(17-9-5-6-10-21-17)12-15-7-3-2-4-8-15/h2-11,13H,12H2,1H3,(H,22,23,24,25). The molecule has 0 aliphatic rings. The summed E-state index contributed by atoms with van der Waals surface area (Å²) in [5.41, 5.74) is 0.650. The molecule has 0 fully saturated rings. The van der Waals surface area contributed by atoms with Crippen molar-refractivity contribution in [2.24, 2.45) is 0 Å². The van der Waals surface area contributed by atoms with Gasteiger partial charge in [-0.2, -0.15) is 0 Å². The molecule has 4 rings (SSSR count). The van der Waals surface area contributed by atoms with Crippen LogP contribution in [0, 0.1) is 17.0 Å². The van der Waals surface area contributed by atoms with Crippen LogP contribution in [0.5, 0.6) is 0 Å². The van der Waals surface area contributed by atoms with Gasteiger partial charge < -0.3 is 14.7 Å². The molecule has 1 N–H and O–H groups in total. The van der Waals surface area contributed by atoms with Crippen LogP contribution in [0.2, 0.25) is 0 Å². The Labute approximate surface area is 171 Å². The van der Waals surface area contributed by atoms with Crippen molar-refractivity contribution in [2.75, 3.05) is 10.2 Å². The van der Waals surface area contributed by atoms with Gasteiger partial charge in [0, 0.05) is 12.3 Å². The van der Waals surface area contributed by atoms with Gasteiger partial charge in [-0.05, 0) is 24.6 Å². The molecule has 3 aromatic heterocycles. The zero-order valence-corrected chi connectivity index (χ0v) is 16.0. The maximum Gasteiger partial charge on any atom is 0.354 e. The fourth-order valence-corrected chi connectivity index (χ4v) is 2.92. The van der Waals surface area contributed by atoms with Gasteiger partial charge in [0.1, 0.15) is 17.9 Å². The van der Waals surface area contributed by atoms with Crippen LogP contribution in [0.1, 0.15) is 11.3 Å². The molecule has 0 saturated carbocycles. The third-order valence-corrected chi connectivity index (χ3v) is 4.22. The molecular weight excluding hydrogens is 386 g/mol. The average molecular weight is 403 g/mol. The lowest BCUT2D eigenvalue weighted by molar-refractivity contribution is -0.383. The third-order valence-electron chi connectivity index (χ3n) is 4.22. The second-order valence-corrected chi connectivity index (χ2v) is 6.36. The van der Waals surface area contributed by atoms with Crippen LogP contribution in [-0.4, -0.2) is 25.0 Å². The van der Waals surface area contributed by atoms with Crippen LogP contribution in [0.15, 0.2) is 71.6 Å². The largest absolute Gasteiger partial charge is 0.360 e. The number of nitrogens with one attached hydrogen (secondary N) is 1. The zero-order valence-electron chi connectivity index (χ0n) is 16.0. The van der Waals surface area contributed by atoms with Crippen molar-refractivity contribution in [3.8, 4) is 0 Å². The quantitative estimate of drug-likeness (QED) is 0.358. The number of aryl methyl sites for hydroxylation is 1. The Morgan fingerprint density at radius 2 is 1.90 bits per heavy atom. The SMILES string of the molecule is Cc1cc(Nc2ncnc(N(Cc3ccccc3)c3ccccn3)c2[N+](=O)[O-])no1. The molecule has 0 radical (unpaired) electrons. The molecule has 4 aromatic rings. The van der Waals surface area contributed by atoms with Crippen molar-refractivity contribution in [3.63, 3.8) is 0 Å². The molecule has 0 saturated heterocycles. The number of hydrogen-bond donors (Lipinski definition) is 1. The number of nitrogens with zero attached hydrogens (tertiary/aromatic N) is 6. The van der Waals surface area contributed by atoms with E-state index < -0.39 is 4.92 Å². The fourth-order valence-electron chi connectivity index (χ4n) is 2.92. The van der Waals surface area contributed by atoms with Gasteiger partial charge in [-0.25, -0.2) is 15.0 Å². The van der Waals surface area contributed by atoms with Crippen molar-refractivity contribution in [2.45, 2.75) is 13.5 Å². The van der Waals surface area contributed by atoms with E-state index in [0.717, 1.165) is 5.56 Å². The minimum Gasteiger partial charge on any atom is -0.360 e. The lowest BCUT2D eigenvalue weighted by atomic mass is 10.2. The molecule has 30 heavy (non-hydrogen) atoms. The van der Waals surface area contributed by atoms with E-state index in [1.54, 1.807) is 36.2 Å². The first-order chi connectivity index (χ1) is 14.6. The monoisotopic (exact) mass is 403 g/mol. The van der Waals surface area contributed by atoms with Gasteiger partial charge in [0.15, 0.2) is 5.82 Å². The molecule has 10 nitrogen and oxygen atoms in total. The Bertz CT molecular complexity index is 1150. The van der Waals surface area contributed by atoms with Gasteiger partial charge in [-0.15, -0.1) is 0 Å². The van der Waals surface area contributed by atoms with Crippen LogP contribution in [0.4, 0.5) is 29.0 Å². The number of pyridine rings is 1. The highest BCUT2D eigenvalue weighted by Crippen LogP contribution is 2.37. The lowest BCUT2D eigenvalue weighted by Gasteiger charge is -2.23. The Hall–Kier alpha value is -4.34. The number of anilines is 4. The van der Waals surface area contributed by atoms with Crippen molar-refractivity contribution < 1.29 is 9.45 Å². The Morgan fingerprint density at radius 1 is 1.10 bits per heavy atom. The van der Waals surface area contributed by atoms with Gasteiger partial charge in [-0.1, -0.05) is 41.6 Å². The summed E-state index contributed by atoms with van der Waals surface area (Å²) < 4.78 is 5.02. The van der Waals surface area contributed by atoms with Gasteiger partial charge in [0.05, 0.1) is 11.5 Å². The molecule has 0 aliphatic carbocycles. The van der Waals surface area contributed by atoms with Crippen LogP contribution < -0.4 is 10.2 Å². The summed E-state index contributed by atoms with van der Waals surface area (Å²) in [6.07, 6.45) is 2.89. The molecule has 150 valence electrons. The molecule has 0 spiro atoms. The maximum atomic E-state index is 12.0. The first kappa shape index (κ1) is 19.0. The second-order valence-electron chi connectivity index (χ2n) is 6.36. The van der Waals surface area contributed by atoms with Gasteiger partial charge >= 0.3 is 5.69 Å². The van der Waals surface area contributed by atoms with Crippen LogP contribution in [-0.2, 0) is 6.54 Å². The number of rotatable bonds is 7. The van der Waals surface area contributed by atoms with E-state index >= 15 is 0 Å². The smallest absolute Gasteiger partial charge is 0.354 e. The van der Waals surface area contributed by atoms with Crippen molar-refractivity contribution in [3.05, 3.63) is 88.6 Å². The summed E-state index contributed by atoms with van der Waals surface area (Å²) in [6.45, 7) is 2.05. The highest BCUT2D eigenvalue weighted by molar-refractivity contribution is 5.76. The third kappa shape index (κ3) is 4.07. The predicted molar refractivity (Wildman–Crippen MR) is 110 cm³/mol. The molecule has 0 unspecified atom stereocenters. The molecule has 0 amide bonds. The van der Waals surface area contributed by atoms with E-state index in [2.05, 4.69) is 25.4 Å². The van der Waals surface area contributed by atoms with E-state index in [0.29, 0.717) is 23.9 Å². The average Bonchev–Trinajstić information content (AvgIpc) is 3.17. The predicted octanol–water partition coefficient (Wildman–Crippen LogP) is 4.16. The van der Waals surface area contributed by atoms with Crippen LogP contribution >= 0.6 is 0 Å². The summed E-state index contributed by atoms with van der Waals surface area (Å²) in [4.78, 5) is 25.8. The van der Waals surface area contributed by atoms with E-state index in [1.165, 1.54) is 6.33 Å². The van der Waals surface area contributed by atoms with Gasteiger partial charge in [0.25, 0.3) is 0 Å². The number of aromatic nitrogens is 4. The minimum atomic E-state index is -0.522. The Kier molecular flexibility index (Phi) is 5.29. The van der Waals surface area contributed by atoms with Crippen molar-refractivity contribution in [1.82, 2.24) is 20.1 Å². The molecule has 0 bridgehead atoms. The summed E-state index contributed by atoms with van der Waals surface area (Å²) in [5.74, 6) is 1.51. The molecule has 3 heterocycles. The van der Waals surface area contributed by atoms with Gasteiger partial charge in [-0.3, -0.25) is 10.1 Å². The van der Waals surface area contributed by atoms with E-state index in [1.807, 2.05) is 36.4 Å². The topological polar surface area (TPSA) is 123 Å². The Morgan fingerprint density at radius 3 is 2.57 bits per heavy atom. The normalized spacial score (nSPS) is 10.6. The summed E-state index contributed by atoms with van der Waals surface area (Å²) >= 11 is 0. The first-order valence-electron chi connectivity index (χ1n) is 9.04. The fraction of sp³-hybridized carbons (Fsp3) is 0.100. The van der Waals surface area contributed by atoms with E-state index in [-0.39, 0.29) is 17.3 Å². The summed E-state index contributed by atoms with van der Waals surface area (Å²) in [6, 6.07) is 16.5. The first-order valence-corrected chi connectivity index (χ1v) is 9.04. The lowest BCUT2D eigenvalue weighted by Crippen LogP contribution is -2.21. The number of nitro groups is 1. The molecule has 10 heteroatoms. The number of benzene rings is 1. The summed E-state index contributed by atoms with van der Waals surface area (Å²) in [7, 11) is 0. The number of hydrogen-bond acceptors (Lipinski definition) is 9. The van der Waals surface area contributed by atoms with Crippen LogP contribution in [0.3, 0.4) is 0 Å². The molecule has 1 aromatic carbocycles. The summed E-state index contributed by atoms with van der Waals surface area (Å²) in [5, 5.41) is 18.7. The minimum absolute atomic E-state index is 0.00675. The zero-order chi connectivity index (χ0) is 20.9. The highest BCUT2D eigenvalue weighted by Gasteiger charge is 2.29. The molecular formula is C20H17N7O3. The highest BCUT2D eigenvalue weighted by atomic mass is 16.6. The van der Waals surface area contributed by atoms with Crippen LogP contribution in [0.25, 0.3) is 0 Å². The van der Waals surface area contributed by atoms with E-state index in [4.69, 9.17) is 4.52 Å². The second kappa shape index (κ2) is 8.35. The molecule has 0 atom stereocenters. The van der Waals surface area contributed by atoms with Gasteiger partial charge in [0.2, 0.25) is 11.6 Å². The van der Waals surface area contributed by atoms with Crippen molar-refractivity contribution in [1.29, 1.82) is 0 Å². The van der Waals surface area contributed by atoms with Crippen molar-refractivity contribution >= 4 is 29.0 Å².